The van der Waals surface area contributed by atoms with Gasteiger partial charge in [0.05, 0.1) is 6.61 Å². The van der Waals surface area contributed by atoms with Crippen LogP contribution in [0.3, 0.4) is 0 Å². The Bertz CT molecular complexity index is 2750. The maximum Gasteiger partial charge on any atom is 0.157 e. The van der Waals surface area contributed by atoms with Crippen LogP contribution in [0.25, 0.3) is 0 Å². The van der Waals surface area contributed by atoms with Gasteiger partial charge in [-0.05, 0) is 181 Å². The molecular formula is C70H95FO17. The van der Waals surface area contributed by atoms with Gasteiger partial charge in [0, 0.05) is 60.0 Å². The first kappa shape index (κ1) is 82.0. The van der Waals surface area contributed by atoms with Gasteiger partial charge in [-0.25, -0.2) is 4.39 Å². The molecule has 0 amide bonds. The molecule has 0 aliphatic rings. The Hall–Kier alpha value is -8.11. The van der Waals surface area contributed by atoms with Gasteiger partial charge < -0.3 is 86.8 Å². The first-order valence-electron chi connectivity index (χ1n) is 28.7. The van der Waals surface area contributed by atoms with E-state index in [9.17, 15) is 4.39 Å². The fourth-order valence-corrected chi connectivity index (χ4v) is 6.79. The van der Waals surface area contributed by atoms with Crippen molar-refractivity contribution < 1.29 is 91.2 Å². The number of aromatic hydroxyl groups is 7. The van der Waals surface area contributed by atoms with Crippen LogP contribution in [0.4, 0.5) is 4.39 Å². The largest absolute Gasteiger partial charge is 0.508 e. The quantitative estimate of drug-likeness (QED) is 0.0265. The molecule has 0 unspecified atom stereocenters. The summed E-state index contributed by atoms with van der Waals surface area (Å²) < 4.78 is 12.3. The molecule has 18 heteroatoms. The molecule has 0 atom stereocenters. The van der Waals surface area contributed by atoms with E-state index in [0.29, 0.717) is 38.7 Å². The average molecular weight is 1230 g/mol. The lowest BCUT2D eigenvalue weighted by atomic mass is 10.1. The highest BCUT2D eigenvalue weighted by atomic mass is 19.1. The highest BCUT2D eigenvalue weighted by Crippen LogP contribution is 2.25. The van der Waals surface area contributed by atoms with Crippen molar-refractivity contribution in [3.05, 3.63) is 244 Å². The summed E-state index contributed by atoms with van der Waals surface area (Å²) in [7, 11) is 1.00. The lowest BCUT2D eigenvalue weighted by Gasteiger charge is -2.00. The van der Waals surface area contributed by atoms with Crippen LogP contribution in [0.5, 0.6) is 40.2 Å². The Kier molecular flexibility index (Phi) is 52.8. The number of aliphatic hydroxyl groups is 10. The van der Waals surface area contributed by atoms with Crippen molar-refractivity contribution in [3.8, 4) is 40.2 Å². The number of hydrogen-bond acceptors (Lipinski definition) is 17. The lowest BCUT2D eigenvalue weighted by Crippen LogP contribution is -1.89. The zero-order chi connectivity index (χ0) is 66.0. The van der Waals surface area contributed by atoms with Crippen LogP contribution in [0, 0.1) is 5.82 Å². The van der Waals surface area contributed by atoms with E-state index in [1.807, 2.05) is 54.6 Å². The summed E-state index contributed by atoms with van der Waals surface area (Å²) in [6.45, 7) is 3.50. The van der Waals surface area contributed by atoms with E-state index in [1.54, 1.807) is 115 Å². The lowest BCUT2D eigenvalue weighted by molar-refractivity contribution is 0.281. The minimum atomic E-state index is -0.235. The third kappa shape index (κ3) is 45.2. The summed E-state index contributed by atoms with van der Waals surface area (Å²) in [4.78, 5) is 0. The molecule has 0 aliphatic heterocycles. The molecular weight excluding hydrogens is 1130 g/mol. The van der Waals surface area contributed by atoms with Gasteiger partial charge in [-0.2, -0.15) is 0 Å². The van der Waals surface area contributed by atoms with Gasteiger partial charge in [0.15, 0.2) is 11.5 Å². The number of phenols is 7. The molecule has 8 aromatic rings. The SMILES string of the molecule is CCCCCO.CO.OCCCc1ccc(O)cc1.OCCc1ccc(F)cc1.OCCc1ccc(O)c(O)c1.OCCc1ccc(O)cc1.OCCc1cccc(O)c1.OCCc1ccccc1.OCCc1ccccc1O.OCc1ccc(O)cc1. The predicted molar refractivity (Wildman–Crippen MR) is 344 cm³/mol. The number of hydrogen-bond donors (Lipinski definition) is 17. The highest BCUT2D eigenvalue weighted by molar-refractivity contribution is 5.40. The van der Waals surface area contributed by atoms with E-state index < -0.39 is 0 Å². The molecule has 0 radical (unpaired) electrons. The maximum atomic E-state index is 12.3. The van der Waals surface area contributed by atoms with Crippen molar-refractivity contribution in [1.29, 1.82) is 0 Å². The van der Waals surface area contributed by atoms with Crippen molar-refractivity contribution >= 4 is 0 Å². The number of unbranched alkanes of at least 4 members (excludes halogenated alkanes) is 2. The fourth-order valence-electron chi connectivity index (χ4n) is 6.79. The molecule has 0 fully saturated rings. The Labute approximate surface area is 518 Å². The van der Waals surface area contributed by atoms with Gasteiger partial charge in [0.1, 0.15) is 34.6 Å². The zero-order valence-electron chi connectivity index (χ0n) is 50.6. The summed E-state index contributed by atoms with van der Waals surface area (Å²) in [5, 5.41) is 146. The second kappa shape index (κ2) is 56.7. The maximum absolute atomic E-state index is 12.3. The van der Waals surface area contributed by atoms with Crippen LogP contribution in [0.1, 0.15) is 77.1 Å². The summed E-state index contributed by atoms with van der Waals surface area (Å²) >= 11 is 0. The smallest absolute Gasteiger partial charge is 0.157 e. The van der Waals surface area contributed by atoms with Crippen LogP contribution in [0.15, 0.2) is 194 Å². The molecule has 484 valence electrons. The van der Waals surface area contributed by atoms with E-state index in [4.69, 9.17) is 86.8 Å². The van der Waals surface area contributed by atoms with E-state index in [-0.39, 0.29) is 98.9 Å². The third-order valence-electron chi connectivity index (χ3n) is 11.5. The monoisotopic (exact) mass is 1230 g/mol. The molecule has 8 rings (SSSR count). The predicted octanol–water partition coefficient (Wildman–Crippen LogP) is 8.97. The van der Waals surface area contributed by atoms with E-state index >= 15 is 0 Å². The molecule has 0 bridgehead atoms. The Morgan fingerprint density at radius 2 is 0.648 bits per heavy atom. The Balaban J connectivity index is 0. The van der Waals surface area contributed by atoms with Gasteiger partial charge in [0.2, 0.25) is 0 Å². The average Bonchev–Trinajstić information content (AvgIpc) is 3.59. The minimum absolute atomic E-state index is 0.0281. The molecule has 17 N–H and O–H groups in total. The summed E-state index contributed by atoms with van der Waals surface area (Å²) in [5.41, 5.74) is 7.73. The number of aryl methyl sites for hydroxylation is 1. The molecule has 88 heavy (non-hydrogen) atoms. The first-order valence-corrected chi connectivity index (χ1v) is 28.7. The third-order valence-corrected chi connectivity index (χ3v) is 11.5. The zero-order valence-corrected chi connectivity index (χ0v) is 50.6. The van der Waals surface area contributed by atoms with Crippen molar-refractivity contribution in [2.45, 2.75) is 84.2 Å². The highest BCUT2D eigenvalue weighted by Gasteiger charge is 2.00. The van der Waals surface area contributed by atoms with Gasteiger partial charge >= 0.3 is 0 Å². The normalized spacial score (nSPS) is 9.51. The first-order chi connectivity index (χ1) is 42.6. The second-order valence-corrected chi connectivity index (χ2v) is 18.5. The molecule has 8 aromatic carbocycles. The van der Waals surface area contributed by atoms with Gasteiger partial charge in [-0.3, -0.25) is 0 Å². The summed E-state index contributed by atoms with van der Waals surface area (Å²) in [6, 6.07) is 54.8. The van der Waals surface area contributed by atoms with Crippen molar-refractivity contribution in [1.82, 2.24) is 0 Å². The summed E-state index contributed by atoms with van der Waals surface area (Å²) in [6.07, 6.45) is 8.62. The van der Waals surface area contributed by atoms with Crippen molar-refractivity contribution in [2.24, 2.45) is 0 Å². The minimum Gasteiger partial charge on any atom is -0.508 e. The standard InChI is InChI=1S/C9H12O2.C8H9FO.C8H10O3.3C8H10O2.C8H10O.C7H8O2.C5H12O.CH4O/c10-7-1-2-8-3-5-9(11)6-4-8;9-8-3-1-7(2-4-8)5-6-10;9-4-3-6-1-2-7(10)8(11)5-6;9-6-5-7-1-3-8(10)4-2-7;9-5-4-7-2-1-3-8(10)6-7;9-6-5-7-3-1-2-4-8(7)10;9-7-6-8-4-2-1-3-5-8;8-5-6-1-3-7(9)4-2-6;1-2-3-4-5-6;1-2/h3-6,10-11H,1-2,7H2;1-4,10H,5-6H2;1-2,5,9-11H,3-4H2;1-4,9-10H,5-6H2;1-3,6,9-10H,4-5H2;1-4,9-10H,5-6H2;1-5,9H,6-7H2;1-4,8-9H,5H2;6H,2-5H2,1H3;2H,1H3. The van der Waals surface area contributed by atoms with Crippen LogP contribution < -0.4 is 0 Å². The molecule has 0 saturated carbocycles. The molecule has 0 aromatic heterocycles. The summed E-state index contributed by atoms with van der Waals surface area (Å²) in [5.74, 6) is 0.790. The van der Waals surface area contributed by atoms with Gasteiger partial charge in [0.25, 0.3) is 0 Å². The molecule has 0 heterocycles. The van der Waals surface area contributed by atoms with Crippen LogP contribution in [-0.2, 0) is 51.6 Å². The van der Waals surface area contributed by atoms with Crippen molar-refractivity contribution in [2.75, 3.05) is 60.0 Å². The number of rotatable bonds is 19. The van der Waals surface area contributed by atoms with Crippen LogP contribution in [-0.4, -0.2) is 147 Å². The topological polar surface area (TPSA) is 344 Å². The van der Waals surface area contributed by atoms with E-state index in [2.05, 4.69) is 6.92 Å². The van der Waals surface area contributed by atoms with Crippen molar-refractivity contribution in [3.63, 3.8) is 0 Å². The number of para-hydroxylation sites is 1. The number of halogens is 1. The molecule has 0 aliphatic carbocycles. The van der Waals surface area contributed by atoms with Gasteiger partial charge in [-0.15, -0.1) is 0 Å². The Morgan fingerprint density at radius 3 is 1.05 bits per heavy atom. The second-order valence-electron chi connectivity index (χ2n) is 18.5. The fraction of sp³-hybridized carbons (Fsp3) is 0.314. The molecule has 0 saturated heterocycles. The number of phenolic OH excluding ortho intramolecular Hbond substituents is 7. The number of benzene rings is 8. The molecule has 0 spiro atoms. The van der Waals surface area contributed by atoms with Crippen LogP contribution >= 0.6 is 0 Å². The number of aliphatic hydroxyl groups excluding tert-OH is 10. The Morgan fingerprint density at radius 1 is 0.273 bits per heavy atom. The van der Waals surface area contributed by atoms with E-state index in [1.165, 1.54) is 36.2 Å². The van der Waals surface area contributed by atoms with Gasteiger partial charge in [-0.1, -0.05) is 135 Å². The molecule has 17 nitrogen and oxygen atoms in total. The van der Waals surface area contributed by atoms with E-state index in [0.717, 1.165) is 78.2 Å². The van der Waals surface area contributed by atoms with Crippen LogP contribution in [0.2, 0.25) is 0 Å².